The molecule has 0 spiro atoms. The molecule has 0 bridgehead atoms. The Morgan fingerprint density at radius 3 is 2.08 bits per heavy atom. The molecule has 2 rings (SSSR count). The summed E-state index contributed by atoms with van der Waals surface area (Å²) >= 11 is 6.01. The van der Waals surface area contributed by atoms with Crippen LogP contribution < -0.4 is 5.32 Å². The largest absolute Gasteiger partial charge is 0.473 e. The van der Waals surface area contributed by atoms with Crippen molar-refractivity contribution < 1.29 is 24.6 Å². The Labute approximate surface area is 151 Å². The minimum atomic E-state index is -1.82. The number of halogens is 1. The molecule has 1 aromatic rings. The molecule has 0 radical (unpaired) electrons. The molecule has 7 nitrogen and oxygen atoms in total. The summed E-state index contributed by atoms with van der Waals surface area (Å²) in [6.07, 6.45) is 5.69. The first kappa shape index (κ1) is 20.9. The fourth-order valence-corrected chi connectivity index (χ4v) is 2.58. The standard InChI is InChI=1S/C15H21ClN2O.C2H2O4/c16-13-7-3-4-8-14(13)17-15(19)9-12-18-10-5-1-2-6-11-18;3-1(4)2(5)6/h3-4,7-8H,1-2,5-6,9-12H2,(H,17,19);(H,3,4)(H,5,6). The number of hydrogen-bond acceptors (Lipinski definition) is 4. The monoisotopic (exact) mass is 370 g/mol. The van der Waals surface area contributed by atoms with Crippen molar-refractivity contribution >= 4 is 35.1 Å². The molecule has 1 fully saturated rings. The zero-order chi connectivity index (χ0) is 18.7. The van der Waals surface area contributed by atoms with Gasteiger partial charge in [0.1, 0.15) is 0 Å². The van der Waals surface area contributed by atoms with Crippen molar-refractivity contribution in [3.63, 3.8) is 0 Å². The molecule has 1 aromatic carbocycles. The van der Waals surface area contributed by atoms with Crippen molar-refractivity contribution in [2.24, 2.45) is 0 Å². The second-order valence-electron chi connectivity index (χ2n) is 5.64. The number of nitrogens with zero attached hydrogens (tertiary/aromatic N) is 1. The van der Waals surface area contributed by atoms with Crippen molar-refractivity contribution in [1.82, 2.24) is 4.90 Å². The van der Waals surface area contributed by atoms with Crippen LogP contribution in [0.1, 0.15) is 32.1 Å². The highest BCUT2D eigenvalue weighted by atomic mass is 35.5. The summed E-state index contributed by atoms with van der Waals surface area (Å²) in [7, 11) is 0. The molecule has 0 aliphatic carbocycles. The molecule has 0 aromatic heterocycles. The predicted molar refractivity (Wildman–Crippen MR) is 94.9 cm³/mol. The SMILES string of the molecule is O=C(CCN1CCCCCC1)Nc1ccccc1Cl.O=C(O)C(=O)O. The predicted octanol–water partition coefficient (Wildman–Crippen LogP) is 2.70. The van der Waals surface area contributed by atoms with Gasteiger partial charge in [0.15, 0.2) is 0 Å². The Bertz CT molecular complexity index is 574. The first-order valence-electron chi connectivity index (χ1n) is 8.13. The van der Waals surface area contributed by atoms with Crippen LogP contribution in [0.2, 0.25) is 5.02 Å². The number of carboxylic acid groups (broad SMARTS) is 2. The van der Waals surface area contributed by atoms with Gasteiger partial charge in [0.05, 0.1) is 10.7 Å². The smallest absolute Gasteiger partial charge is 0.414 e. The van der Waals surface area contributed by atoms with E-state index in [2.05, 4.69) is 10.2 Å². The summed E-state index contributed by atoms with van der Waals surface area (Å²) in [6, 6.07) is 7.34. The van der Waals surface area contributed by atoms with Gasteiger partial charge in [-0.1, -0.05) is 36.6 Å². The van der Waals surface area contributed by atoms with Gasteiger partial charge >= 0.3 is 11.9 Å². The first-order chi connectivity index (χ1) is 11.9. The van der Waals surface area contributed by atoms with E-state index in [4.69, 9.17) is 31.4 Å². The summed E-state index contributed by atoms with van der Waals surface area (Å²) < 4.78 is 0. The van der Waals surface area contributed by atoms with E-state index in [0.29, 0.717) is 17.1 Å². The molecular formula is C17H23ClN2O5. The van der Waals surface area contributed by atoms with Crippen LogP contribution in [0.3, 0.4) is 0 Å². The number of carboxylic acids is 2. The highest BCUT2D eigenvalue weighted by Gasteiger charge is 2.11. The molecule has 25 heavy (non-hydrogen) atoms. The maximum absolute atomic E-state index is 11.9. The number of hydrogen-bond donors (Lipinski definition) is 3. The van der Waals surface area contributed by atoms with E-state index in [0.717, 1.165) is 19.6 Å². The van der Waals surface area contributed by atoms with Gasteiger partial charge in [0.2, 0.25) is 5.91 Å². The lowest BCUT2D eigenvalue weighted by atomic mass is 10.2. The number of para-hydroxylation sites is 1. The molecule has 8 heteroatoms. The number of aliphatic carboxylic acids is 2. The third kappa shape index (κ3) is 9.07. The molecule has 1 amide bonds. The summed E-state index contributed by atoms with van der Waals surface area (Å²) in [5.41, 5.74) is 0.699. The van der Waals surface area contributed by atoms with Crippen LogP contribution in [0, 0.1) is 0 Å². The van der Waals surface area contributed by atoms with Gasteiger partial charge in [-0.2, -0.15) is 0 Å². The minimum absolute atomic E-state index is 0.0392. The molecule has 1 heterocycles. The van der Waals surface area contributed by atoms with Crippen LogP contribution in [0.25, 0.3) is 0 Å². The Morgan fingerprint density at radius 2 is 1.56 bits per heavy atom. The minimum Gasteiger partial charge on any atom is -0.473 e. The van der Waals surface area contributed by atoms with Crippen molar-refractivity contribution in [2.45, 2.75) is 32.1 Å². The van der Waals surface area contributed by atoms with Crippen LogP contribution in [0.4, 0.5) is 5.69 Å². The maximum atomic E-state index is 11.9. The number of benzene rings is 1. The van der Waals surface area contributed by atoms with Crippen LogP contribution in [-0.4, -0.2) is 52.6 Å². The van der Waals surface area contributed by atoms with Gasteiger partial charge in [-0.25, -0.2) is 9.59 Å². The van der Waals surface area contributed by atoms with Gasteiger partial charge in [-0.3, -0.25) is 4.79 Å². The van der Waals surface area contributed by atoms with Gasteiger partial charge in [0, 0.05) is 13.0 Å². The number of anilines is 1. The van der Waals surface area contributed by atoms with Crippen LogP contribution in [0.15, 0.2) is 24.3 Å². The second kappa shape index (κ2) is 11.4. The highest BCUT2D eigenvalue weighted by molar-refractivity contribution is 6.33. The first-order valence-corrected chi connectivity index (χ1v) is 8.51. The average Bonchev–Trinajstić information content (AvgIpc) is 2.84. The summed E-state index contributed by atoms with van der Waals surface area (Å²) in [5.74, 6) is -3.61. The zero-order valence-electron chi connectivity index (χ0n) is 13.9. The number of carbonyl (C=O) groups is 3. The lowest BCUT2D eigenvalue weighted by Gasteiger charge is -2.19. The highest BCUT2D eigenvalue weighted by Crippen LogP contribution is 2.20. The number of rotatable bonds is 4. The molecule has 3 N–H and O–H groups in total. The molecule has 0 atom stereocenters. The van der Waals surface area contributed by atoms with Crippen LogP contribution >= 0.6 is 11.6 Å². The normalized spacial score (nSPS) is 14.6. The van der Waals surface area contributed by atoms with E-state index in [9.17, 15) is 4.79 Å². The molecule has 0 saturated carbocycles. The van der Waals surface area contributed by atoms with Gasteiger partial charge < -0.3 is 20.4 Å². The van der Waals surface area contributed by atoms with Gasteiger partial charge in [0.25, 0.3) is 0 Å². The summed E-state index contributed by atoms with van der Waals surface area (Å²) in [5, 5.41) is 18.2. The van der Waals surface area contributed by atoms with Crippen LogP contribution in [-0.2, 0) is 14.4 Å². The Morgan fingerprint density at radius 1 is 1.00 bits per heavy atom. The molecule has 138 valence electrons. The third-order valence-corrected chi connectivity index (χ3v) is 4.01. The second-order valence-corrected chi connectivity index (χ2v) is 6.05. The number of carbonyl (C=O) groups excluding carboxylic acids is 1. The molecule has 0 unspecified atom stereocenters. The number of nitrogens with one attached hydrogen (secondary N) is 1. The molecular weight excluding hydrogens is 348 g/mol. The van der Waals surface area contributed by atoms with E-state index >= 15 is 0 Å². The quantitative estimate of drug-likeness (QED) is 0.703. The van der Waals surface area contributed by atoms with E-state index in [1.807, 2.05) is 18.2 Å². The fourth-order valence-electron chi connectivity index (χ4n) is 2.39. The van der Waals surface area contributed by atoms with Crippen LogP contribution in [0.5, 0.6) is 0 Å². The van der Waals surface area contributed by atoms with Gasteiger partial charge in [-0.15, -0.1) is 0 Å². The fraction of sp³-hybridized carbons (Fsp3) is 0.471. The molecule has 1 aliphatic heterocycles. The lowest BCUT2D eigenvalue weighted by molar-refractivity contribution is -0.159. The summed E-state index contributed by atoms with van der Waals surface area (Å²) in [4.78, 5) is 32.5. The van der Waals surface area contributed by atoms with E-state index in [-0.39, 0.29) is 5.91 Å². The topological polar surface area (TPSA) is 107 Å². The van der Waals surface area contributed by atoms with E-state index in [1.165, 1.54) is 25.7 Å². The number of amides is 1. The van der Waals surface area contributed by atoms with Crippen molar-refractivity contribution in [1.29, 1.82) is 0 Å². The van der Waals surface area contributed by atoms with E-state index in [1.54, 1.807) is 6.07 Å². The Kier molecular flexibility index (Phi) is 9.57. The number of likely N-dealkylation sites (tertiary alicyclic amines) is 1. The Balaban J connectivity index is 0.000000450. The van der Waals surface area contributed by atoms with E-state index < -0.39 is 11.9 Å². The summed E-state index contributed by atoms with van der Waals surface area (Å²) in [6.45, 7) is 3.09. The third-order valence-electron chi connectivity index (χ3n) is 3.68. The zero-order valence-corrected chi connectivity index (χ0v) is 14.7. The molecule has 1 aliphatic rings. The lowest BCUT2D eigenvalue weighted by Crippen LogP contribution is -2.28. The Hall–Kier alpha value is -2.12. The maximum Gasteiger partial charge on any atom is 0.414 e. The van der Waals surface area contributed by atoms with Crippen molar-refractivity contribution in [3.05, 3.63) is 29.3 Å². The van der Waals surface area contributed by atoms with Crippen molar-refractivity contribution in [2.75, 3.05) is 25.0 Å². The van der Waals surface area contributed by atoms with Gasteiger partial charge in [-0.05, 0) is 38.1 Å². The average molecular weight is 371 g/mol. The van der Waals surface area contributed by atoms with Crippen molar-refractivity contribution in [3.8, 4) is 0 Å². The molecule has 1 saturated heterocycles.